The van der Waals surface area contributed by atoms with Crippen molar-refractivity contribution >= 4 is 27.5 Å². The van der Waals surface area contributed by atoms with E-state index < -0.39 is 0 Å². The van der Waals surface area contributed by atoms with E-state index in [9.17, 15) is 4.79 Å². The number of hydrogen-bond acceptors (Lipinski definition) is 1. The molecule has 4 heteroatoms. The molecule has 1 aromatic heterocycles. The Balaban J connectivity index is 2.17. The molecule has 2 N–H and O–H groups in total. The quantitative estimate of drug-likeness (QED) is 0.872. The minimum Gasteiger partial charge on any atom is -0.362 e. The van der Waals surface area contributed by atoms with Gasteiger partial charge in [-0.1, -0.05) is 15.9 Å². The second-order valence-corrected chi connectivity index (χ2v) is 4.87. The average molecular weight is 293 g/mol. The fraction of sp³-hybridized carbons (Fsp3) is 0.154. The maximum atomic E-state index is 12.0. The fourth-order valence-electron chi connectivity index (χ4n) is 1.69. The van der Waals surface area contributed by atoms with Gasteiger partial charge in [-0.2, -0.15) is 0 Å². The number of carbonyl (C=O) groups is 1. The Morgan fingerprint density at radius 1 is 1.24 bits per heavy atom. The highest BCUT2D eigenvalue weighted by molar-refractivity contribution is 9.10. The van der Waals surface area contributed by atoms with E-state index in [4.69, 9.17) is 0 Å². The molecule has 1 aromatic carbocycles. The molecule has 0 spiro atoms. The summed E-state index contributed by atoms with van der Waals surface area (Å²) < 4.78 is 0.990. The first-order chi connectivity index (χ1) is 8.06. The third-order valence-electron chi connectivity index (χ3n) is 2.50. The van der Waals surface area contributed by atoms with Crippen molar-refractivity contribution in [3.8, 4) is 0 Å². The van der Waals surface area contributed by atoms with Gasteiger partial charge in [-0.05, 0) is 44.2 Å². The van der Waals surface area contributed by atoms with Crippen LogP contribution >= 0.6 is 15.9 Å². The number of carbonyl (C=O) groups excluding carboxylic acids is 1. The van der Waals surface area contributed by atoms with Crippen LogP contribution in [-0.2, 0) is 0 Å². The van der Waals surface area contributed by atoms with Crippen LogP contribution in [0.15, 0.2) is 34.8 Å². The predicted molar refractivity (Wildman–Crippen MR) is 72.4 cm³/mol. The molecule has 0 atom stereocenters. The molecule has 0 unspecified atom stereocenters. The molecule has 2 rings (SSSR count). The highest BCUT2D eigenvalue weighted by atomic mass is 79.9. The van der Waals surface area contributed by atoms with E-state index in [1.807, 2.05) is 44.2 Å². The van der Waals surface area contributed by atoms with Gasteiger partial charge in [0.1, 0.15) is 0 Å². The topological polar surface area (TPSA) is 44.9 Å². The number of aromatic amines is 1. The van der Waals surface area contributed by atoms with Gasteiger partial charge in [0.2, 0.25) is 0 Å². The Morgan fingerprint density at radius 2 is 1.88 bits per heavy atom. The zero-order chi connectivity index (χ0) is 12.4. The van der Waals surface area contributed by atoms with Gasteiger partial charge < -0.3 is 10.3 Å². The zero-order valence-electron chi connectivity index (χ0n) is 9.67. The molecule has 0 saturated heterocycles. The summed E-state index contributed by atoms with van der Waals surface area (Å²) in [5.74, 6) is -0.0887. The van der Waals surface area contributed by atoms with Gasteiger partial charge in [-0.3, -0.25) is 4.79 Å². The molecule has 0 fully saturated rings. The van der Waals surface area contributed by atoms with Crippen molar-refractivity contribution in [1.82, 2.24) is 4.98 Å². The number of hydrogen-bond donors (Lipinski definition) is 2. The number of anilines is 1. The summed E-state index contributed by atoms with van der Waals surface area (Å²) in [5, 5.41) is 2.86. The van der Waals surface area contributed by atoms with E-state index >= 15 is 0 Å². The third kappa shape index (κ3) is 2.77. The molecule has 3 nitrogen and oxygen atoms in total. The molecule has 88 valence electrons. The lowest BCUT2D eigenvalue weighted by molar-refractivity contribution is 0.102. The SMILES string of the molecule is Cc1cc(C(=O)Nc2ccc(Br)cc2)c(C)[nH]1. The average Bonchev–Trinajstić information content (AvgIpc) is 2.61. The Labute approximate surface area is 108 Å². The summed E-state index contributed by atoms with van der Waals surface area (Å²) in [5.41, 5.74) is 3.35. The molecule has 0 saturated carbocycles. The first-order valence-corrected chi connectivity index (χ1v) is 6.08. The van der Waals surface area contributed by atoms with Crippen molar-refractivity contribution in [2.75, 3.05) is 5.32 Å². The van der Waals surface area contributed by atoms with Crippen LogP contribution in [0.1, 0.15) is 21.7 Å². The molecule has 1 heterocycles. The molecule has 17 heavy (non-hydrogen) atoms. The number of rotatable bonds is 2. The van der Waals surface area contributed by atoms with Crippen LogP contribution in [0.2, 0.25) is 0 Å². The lowest BCUT2D eigenvalue weighted by atomic mass is 10.2. The smallest absolute Gasteiger partial charge is 0.257 e. The van der Waals surface area contributed by atoms with Crippen LogP contribution in [-0.4, -0.2) is 10.9 Å². The molecule has 1 amide bonds. The van der Waals surface area contributed by atoms with E-state index in [1.54, 1.807) is 0 Å². The van der Waals surface area contributed by atoms with E-state index in [1.165, 1.54) is 0 Å². The van der Waals surface area contributed by atoms with Gasteiger partial charge >= 0.3 is 0 Å². The lowest BCUT2D eigenvalue weighted by Crippen LogP contribution is -2.12. The van der Waals surface area contributed by atoms with Crippen molar-refractivity contribution < 1.29 is 4.79 Å². The van der Waals surface area contributed by atoms with Crippen LogP contribution < -0.4 is 5.32 Å². The number of nitrogens with one attached hydrogen (secondary N) is 2. The van der Waals surface area contributed by atoms with Gasteiger partial charge in [0, 0.05) is 21.5 Å². The highest BCUT2D eigenvalue weighted by Crippen LogP contribution is 2.16. The molecule has 0 radical (unpaired) electrons. The van der Waals surface area contributed by atoms with Crippen LogP contribution in [0.3, 0.4) is 0 Å². The van der Waals surface area contributed by atoms with Crippen molar-refractivity contribution in [3.63, 3.8) is 0 Å². The van der Waals surface area contributed by atoms with Crippen LogP contribution in [0.5, 0.6) is 0 Å². The van der Waals surface area contributed by atoms with Gasteiger partial charge in [0.15, 0.2) is 0 Å². The predicted octanol–water partition coefficient (Wildman–Crippen LogP) is 3.65. The highest BCUT2D eigenvalue weighted by Gasteiger charge is 2.11. The number of aryl methyl sites for hydroxylation is 2. The minimum absolute atomic E-state index is 0.0887. The summed E-state index contributed by atoms with van der Waals surface area (Å²) in [6.45, 7) is 3.83. The van der Waals surface area contributed by atoms with Gasteiger partial charge in [0.05, 0.1) is 5.56 Å². The maximum Gasteiger partial charge on any atom is 0.257 e. The van der Waals surface area contributed by atoms with E-state index in [0.717, 1.165) is 21.5 Å². The number of amides is 1. The van der Waals surface area contributed by atoms with Crippen molar-refractivity contribution in [2.45, 2.75) is 13.8 Å². The summed E-state index contributed by atoms with van der Waals surface area (Å²) in [7, 11) is 0. The molecule has 2 aromatic rings. The van der Waals surface area contributed by atoms with Crippen LogP contribution in [0.25, 0.3) is 0 Å². The summed E-state index contributed by atoms with van der Waals surface area (Å²) in [6, 6.07) is 9.35. The first kappa shape index (κ1) is 11.9. The van der Waals surface area contributed by atoms with Crippen molar-refractivity contribution in [2.24, 2.45) is 0 Å². The summed E-state index contributed by atoms with van der Waals surface area (Å²) in [4.78, 5) is 15.1. The van der Waals surface area contributed by atoms with Gasteiger partial charge in [-0.25, -0.2) is 0 Å². The van der Waals surface area contributed by atoms with E-state index in [-0.39, 0.29) is 5.91 Å². The van der Waals surface area contributed by atoms with E-state index in [0.29, 0.717) is 5.56 Å². The van der Waals surface area contributed by atoms with Crippen molar-refractivity contribution in [1.29, 1.82) is 0 Å². The normalized spacial score (nSPS) is 10.3. The summed E-state index contributed by atoms with van der Waals surface area (Å²) in [6.07, 6.45) is 0. The van der Waals surface area contributed by atoms with Gasteiger partial charge in [0.25, 0.3) is 5.91 Å². The largest absolute Gasteiger partial charge is 0.362 e. The Bertz CT molecular complexity index is 543. The number of aromatic nitrogens is 1. The van der Waals surface area contributed by atoms with E-state index in [2.05, 4.69) is 26.2 Å². The fourth-order valence-corrected chi connectivity index (χ4v) is 1.96. The molecule has 0 bridgehead atoms. The first-order valence-electron chi connectivity index (χ1n) is 5.29. The Hall–Kier alpha value is -1.55. The van der Waals surface area contributed by atoms with Gasteiger partial charge in [-0.15, -0.1) is 0 Å². The molecule has 0 aliphatic heterocycles. The standard InChI is InChI=1S/C13H13BrN2O/c1-8-7-12(9(2)15-8)13(17)16-11-5-3-10(14)4-6-11/h3-7,15H,1-2H3,(H,16,17). The van der Waals surface area contributed by atoms with Crippen molar-refractivity contribution in [3.05, 3.63) is 51.8 Å². The monoisotopic (exact) mass is 292 g/mol. The number of halogens is 1. The van der Waals surface area contributed by atoms with Crippen LogP contribution in [0, 0.1) is 13.8 Å². The maximum absolute atomic E-state index is 12.0. The Kier molecular flexibility index (Phi) is 3.33. The minimum atomic E-state index is -0.0887. The second kappa shape index (κ2) is 4.75. The number of H-pyrrole nitrogens is 1. The second-order valence-electron chi connectivity index (χ2n) is 3.95. The molecular weight excluding hydrogens is 280 g/mol. The Morgan fingerprint density at radius 3 is 2.41 bits per heavy atom. The third-order valence-corrected chi connectivity index (χ3v) is 3.02. The lowest BCUT2D eigenvalue weighted by Gasteiger charge is -2.04. The summed E-state index contributed by atoms with van der Waals surface area (Å²) >= 11 is 3.35. The number of benzene rings is 1. The van der Waals surface area contributed by atoms with Crippen LogP contribution in [0.4, 0.5) is 5.69 Å². The molecule has 0 aliphatic carbocycles. The molecule has 0 aliphatic rings. The zero-order valence-corrected chi connectivity index (χ0v) is 11.3. The molecular formula is C13H13BrN2O.